The fourth-order valence-corrected chi connectivity index (χ4v) is 2.52. The van der Waals surface area contributed by atoms with Gasteiger partial charge < -0.3 is 4.42 Å². The van der Waals surface area contributed by atoms with Crippen LogP contribution in [0.3, 0.4) is 0 Å². The minimum atomic E-state index is -0.740. The molecule has 1 heterocycles. The summed E-state index contributed by atoms with van der Waals surface area (Å²) in [6.07, 6.45) is 1.54. The molecule has 0 aliphatic carbocycles. The number of carbonyl (C=O) groups is 1. The second kappa shape index (κ2) is 6.42. The van der Waals surface area contributed by atoms with Crippen LogP contribution in [0, 0.1) is 5.82 Å². The average molecular weight is 296 g/mol. The number of urea groups is 1. The number of amides is 2. The number of thioether (sulfide) groups is 1. The maximum atomic E-state index is 13.9. The minimum absolute atomic E-state index is 0.226. The van der Waals surface area contributed by atoms with E-state index in [2.05, 4.69) is 0 Å². The molecular weight excluding hydrogens is 283 g/mol. The third-order valence-electron chi connectivity index (χ3n) is 2.49. The van der Waals surface area contributed by atoms with Crippen molar-refractivity contribution in [3.05, 3.63) is 48.2 Å². The topological polar surface area (TPSA) is 97.5 Å². The molecule has 20 heavy (non-hydrogen) atoms. The van der Waals surface area contributed by atoms with Crippen molar-refractivity contribution in [1.29, 1.82) is 0 Å². The van der Waals surface area contributed by atoms with E-state index >= 15 is 0 Å². The van der Waals surface area contributed by atoms with Crippen molar-refractivity contribution < 1.29 is 13.6 Å². The van der Waals surface area contributed by atoms with Crippen LogP contribution in [0.5, 0.6) is 0 Å². The lowest BCUT2D eigenvalue weighted by Crippen LogP contribution is -2.47. The highest BCUT2D eigenvalue weighted by Crippen LogP contribution is 2.33. The number of hydrazine groups is 2. The van der Waals surface area contributed by atoms with Gasteiger partial charge in [0, 0.05) is 0 Å². The summed E-state index contributed by atoms with van der Waals surface area (Å²) >= 11 is 1.18. The third kappa shape index (κ3) is 3.10. The molecule has 0 saturated heterocycles. The van der Waals surface area contributed by atoms with E-state index in [0.29, 0.717) is 11.5 Å². The van der Waals surface area contributed by atoms with Crippen LogP contribution in [-0.2, 0) is 5.75 Å². The monoisotopic (exact) mass is 296 g/mol. The van der Waals surface area contributed by atoms with Gasteiger partial charge in [0.15, 0.2) is 0 Å². The summed E-state index contributed by atoms with van der Waals surface area (Å²) in [5.74, 6) is 11.3. The van der Waals surface area contributed by atoms with E-state index < -0.39 is 11.8 Å². The summed E-state index contributed by atoms with van der Waals surface area (Å²) in [5, 5.41) is 0.757. The largest absolute Gasteiger partial charge is 0.468 e. The van der Waals surface area contributed by atoms with Crippen molar-refractivity contribution in [2.45, 2.75) is 10.6 Å². The normalized spacial score (nSPS) is 10.3. The van der Waals surface area contributed by atoms with Crippen LogP contribution in [-0.4, -0.2) is 6.03 Å². The van der Waals surface area contributed by atoms with Crippen molar-refractivity contribution >= 4 is 23.5 Å². The summed E-state index contributed by atoms with van der Waals surface area (Å²) in [6.45, 7) is 0. The maximum Gasteiger partial charge on any atom is 0.350 e. The fourth-order valence-electron chi connectivity index (χ4n) is 1.55. The second-order valence-corrected chi connectivity index (χ2v) is 4.76. The van der Waals surface area contributed by atoms with Gasteiger partial charge in [-0.1, -0.05) is 6.07 Å². The number of nitrogens with zero attached hydrogens (tertiary/aromatic N) is 1. The molecule has 5 N–H and O–H groups in total. The summed E-state index contributed by atoms with van der Waals surface area (Å²) in [6, 6.07) is 7.07. The lowest BCUT2D eigenvalue weighted by Gasteiger charge is -2.19. The fraction of sp³-hybridized carbons (Fsp3) is 0.0833. The van der Waals surface area contributed by atoms with Gasteiger partial charge in [-0.15, -0.1) is 11.8 Å². The number of nitrogens with two attached hydrogens (primary N) is 2. The molecule has 0 unspecified atom stereocenters. The van der Waals surface area contributed by atoms with E-state index in [1.54, 1.807) is 12.1 Å². The Bertz CT molecular complexity index is 591. The van der Waals surface area contributed by atoms with E-state index in [0.717, 1.165) is 5.01 Å². The summed E-state index contributed by atoms with van der Waals surface area (Å²) in [4.78, 5) is 11.7. The summed E-state index contributed by atoms with van der Waals surface area (Å²) < 4.78 is 19.1. The molecular formula is C12H13FN4O2S. The number of nitrogens with one attached hydrogen (secondary N) is 1. The number of hydrogen-bond donors (Lipinski definition) is 3. The molecule has 2 rings (SSSR count). The first kappa shape index (κ1) is 14.4. The van der Waals surface area contributed by atoms with Gasteiger partial charge in [-0.25, -0.2) is 25.9 Å². The highest BCUT2D eigenvalue weighted by Gasteiger charge is 2.18. The Labute approximate surface area is 118 Å². The number of furan rings is 1. The predicted octanol–water partition coefficient (Wildman–Crippen LogP) is 1.97. The first-order valence-electron chi connectivity index (χ1n) is 5.62. The smallest absolute Gasteiger partial charge is 0.350 e. The Morgan fingerprint density at radius 3 is 2.85 bits per heavy atom. The Morgan fingerprint density at radius 1 is 1.40 bits per heavy atom. The zero-order valence-corrected chi connectivity index (χ0v) is 11.2. The number of hydrogen-bond acceptors (Lipinski definition) is 5. The second-order valence-electron chi connectivity index (χ2n) is 3.78. The highest BCUT2D eigenvalue weighted by molar-refractivity contribution is 7.98. The van der Waals surface area contributed by atoms with Crippen molar-refractivity contribution in [3.8, 4) is 0 Å². The molecule has 0 saturated carbocycles. The molecule has 0 bridgehead atoms. The van der Waals surface area contributed by atoms with Gasteiger partial charge in [0.25, 0.3) is 0 Å². The maximum absolute atomic E-state index is 13.9. The zero-order valence-electron chi connectivity index (χ0n) is 10.4. The van der Waals surface area contributed by atoms with E-state index in [1.165, 1.54) is 36.2 Å². The van der Waals surface area contributed by atoms with Crippen LogP contribution < -0.4 is 22.1 Å². The van der Waals surface area contributed by atoms with Crippen molar-refractivity contribution in [3.63, 3.8) is 0 Å². The van der Waals surface area contributed by atoms with E-state index in [4.69, 9.17) is 16.1 Å². The van der Waals surface area contributed by atoms with Crippen LogP contribution in [0.15, 0.2) is 45.9 Å². The summed E-state index contributed by atoms with van der Waals surface area (Å²) in [7, 11) is 0. The Hall–Kier alpha value is -2.03. The first-order valence-corrected chi connectivity index (χ1v) is 6.61. The molecule has 1 aromatic heterocycles. The van der Waals surface area contributed by atoms with Gasteiger partial charge in [0.2, 0.25) is 0 Å². The predicted molar refractivity (Wildman–Crippen MR) is 74.1 cm³/mol. The van der Waals surface area contributed by atoms with Crippen molar-refractivity contribution in [2.75, 3.05) is 5.01 Å². The Morgan fingerprint density at radius 2 is 2.20 bits per heavy atom. The molecule has 2 aromatic rings. The molecule has 0 fully saturated rings. The van der Waals surface area contributed by atoms with Gasteiger partial charge in [-0.3, -0.25) is 5.43 Å². The number of benzene rings is 1. The molecule has 0 atom stereocenters. The van der Waals surface area contributed by atoms with Crippen LogP contribution in [0.2, 0.25) is 0 Å². The van der Waals surface area contributed by atoms with Crippen LogP contribution in [0.25, 0.3) is 0 Å². The molecule has 0 spiro atoms. The number of carbonyl (C=O) groups excluding carboxylic acids is 1. The van der Waals surface area contributed by atoms with Crippen LogP contribution in [0.4, 0.5) is 14.9 Å². The number of halogens is 1. The van der Waals surface area contributed by atoms with Crippen LogP contribution >= 0.6 is 11.8 Å². The van der Waals surface area contributed by atoms with Gasteiger partial charge in [-0.2, -0.15) is 0 Å². The number of rotatable bonds is 4. The minimum Gasteiger partial charge on any atom is -0.468 e. The van der Waals surface area contributed by atoms with Gasteiger partial charge >= 0.3 is 6.03 Å². The zero-order chi connectivity index (χ0) is 14.5. The van der Waals surface area contributed by atoms with Gasteiger partial charge in [0.05, 0.1) is 22.6 Å². The van der Waals surface area contributed by atoms with Gasteiger partial charge in [-0.05, 0) is 24.3 Å². The quantitative estimate of drug-likeness (QED) is 0.347. The highest BCUT2D eigenvalue weighted by atomic mass is 32.2. The SMILES string of the molecule is NNC(=O)N(N)c1cccc(F)c1SCc1ccco1. The van der Waals surface area contributed by atoms with E-state index in [9.17, 15) is 9.18 Å². The molecule has 0 aliphatic heterocycles. The first-order chi connectivity index (χ1) is 9.63. The summed E-state index contributed by atoms with van der Waals surface area (Å²) in [5.41, 5.74) is 2.12. The molecule has 106 valence electrons. The van der Waals surface area contributed by atoms with Crippen molar-refractivity contribution in [2.24, 2.45) is 11.7 Å². The molecule has 2 amide bonds. The number of anilines is 1. The molecule has 6 nitrogen and oxygen atoms in total. The molecule has 8 heteroatoms. The Balaban J connectivity index is 2.24. The van der Waals surface area contributed by atoms with Crippen LogP contribution in [0.1, 0.15) is 5.76 Å². The third-order valence-corrected chi connectivity index (χ3v) is 3.61. The van der Waals surface area contributed by atoms with E-state index in [-0.39, 0.29) is 10.6 Å². The Kier molecular flexibility index (Phi) is 4.61. The van der Waals surface area contributed by atoms with Crippen molar-refractivity contribution in [1.82, 2.24) is 5.43 Å². The lowest BCUT2D eigenvalue weighted by molar-refractivity contribution is 0.246. The lowest BCUT2D eigenvalue weighted by atomic mass is 10.3. The standard InChI is InChI=1S/C12H13FN4O2S/c13-9-4-1-5-10(17(15)12(18)16-14)11(9)20-7-8-3-2-6-19-8/h1-6H,7,14-15H2,(H,16,18). The molecule has 0 aliphatic rings. The van der Waals surface area contributed by atoms with Gasteiger partial charge in [0.1, 0.15) is 11.6 Å². The molecule has 0 radical (unpaired) electrons. The average Bonchev–Trinajstić information content (AvgIpc) is 2.97. The molecule has 1 aromatic carbocycles. The van der Waals surface area contributed by atoms with E-state index in [1.807, 2.05) is 5.43 Å².